The predicted octanol–water partition coefficient (Wildman–Crippen LogP) is 20.0. The van der Waals surface area contributed by atoms with Gasteiger partial charge in [0.25, 0.3) is 0 Å². The molecule has 0 aliphatic heterocycles. The van der Waals surface area contributed by atoms with Crippen LogP contribution in [-0.4, -0.2) is 37.2 Å². The second kappa shape index (κ2) is 53.8. The quantitative estimate of drug-likeness (QED) is 0.0343. The average molecular weight is 948 g/mol. The van der Waals surface area contributed by atoms with E-state index in [9.17, 15) is 14.4 Å². The van der Waals surface area contributed by atoms with E-state index in [1.807, 2.05) is 0 Å². The van der Waals surface area contributed by atoms with Gasteiger partial charge in [-0.1, -0.05) is 304 Å². The number of ether oxygens (including phenoxy) is 3. The van der Waals surface area contributed by atoms with Crippen LogP contribution in [-0.2, 0) is 28.6 Å². The molecule has 0 saturated heterocycles. The Balaban J connectivity index is 4.25. The molecular formula is C61H118O6. The highest BCUT2D eigenvalue weighted by Crippen LogP contribution is 2.19. The largest absolute Gasteiger partial charge is 0.462 e. The van der Waals surface area contributed by atoms with Crippen molar-refractivity contribution in [3.05, 3.63) is 0 Å². The Hall–Kier alpha value is -1.59. The summed E-state index contributed by atoms with van der Waals surface area (Å²) in [5, 5.41) is 0. The molecule has 0 saturated carbocycles. The highest BCUT2D eigenvalue weighted by molar-refractivity contribution is 5.71. The van der Waals surface area contributed by atoms with Crippen LogP contribution >= 0.6 is 0 Å². The average Bonchev–Trinajstić information content (AvgIpc) is 3.31. The van der Waals surface area contributed by atoms with Crippen LogP contribution in [0, 0.1) is 11.8 Å². The molecular weight excluding hydrogens is 829 g/mol. The van der Waals surface area contributed by atoms with Gasteiger partial charge in [-0.2, -0.15) is 0 Å². The zero-order valence-electron chi connectivity index (χ0n) is 46.0. The van der Waals surface area contributed by atoms with Gasteiger partial charge in [0.15, 0.2) is 6.10 Å². The standard InChI is InChI=1S/C61H118O6/c1-6-8-9-10-11-12-13-14-15-21-24-27-30-36-41-46-51-59(62)65-54-58(55-66-60(63)52-47-42-37-33-32-35-40-45-50-57(5)7-2)67-61(64)53-48-43-38-31-28-25-22-19-17-16-18-20-23-26-29-34-39-44-49-56(3)4/h56-58H,6-55H2,1-5H3/t57?,58-/m1/s1. The lowest BCUT2D eigenvalue weighted by Crippen LogP contribution is -2.30. The van der Waals surface area contributed by atoms with Crippen molar-refractivity contribution in [1.29, 1.82) is 0 Å². The number of esters is 3. The first-order valence-corrected chi connectivity index (χ1v) is 30.3. The van der Waals surface area contributed by atoms with E-state index in [4.69, 9.17) is 14.2 Å². The number of hydrogen-bond donors (Lipinski definition) is 0. The molecule has 0 N–H and O–H groups in total. The third-order valence-electron chi connectivity index (χ3n) is 14.3. The van der Waals surface area contributed by atoms with Crippen LogP contribution in [0.15, 0.2) is 0 Å². The molecule has 0 aromatic heterocycles. The maximum absolute atomic E-state index is 12.9. The van der Waals surface area contributed by atoms with Crippen molar-refractivity contribution in [2.24, 2.45) is 11.8 Å². The van der Waals surface area contributed by atoms with Crippen molar-refractivity contribution in [1.82, 2.24) is 0 Å². The van der Waals surface area contributed by atoms with E-state index in [1.54, 1.807) is 0 Å². The zero-order chi connectivity index (χ0) is 48.9. The third-order valence-corrected chi connectivity index (χ3v) is 14.3. The molecule has 0 rings (SSSR count). The molecule has 0 radical (unpaired) electrons. The van der Waals surface area contributed by atoms with E-state index >= 15 is 0 Å². The van der Waals surface area contributed by atoms with Crippen LogP contribution in [0.2, 0.25) is 0 Å². The molecule has 0 heterocycles. The Kier molecular flexibility index (Phi) is 52.5. The summed E-state index contributed by atoms with van der Waals surface area (Å²) in [6, 6.07) is 0. The van der Waals surface area contributed by atoms with Crippen molar-refractivity contribution < 1.29 is 28.6 Å². The molecule has 0 aliphatic rings. The van der Waals surface area contributed by atoms with Crippen molar-refractivity contribution in [2.75, 3.05) is 13.2 Å². The minimum absolute atomic E-state index is 0.0627. The van der Waals surface area contributed by atoms with Crippen LogP contribution in [0.1, 0.15) is 343 Å². The van der Waals surface area contributed by atoms with Crippen LogP contribution in [0.5, 0.6) is 0 Å². The molecule has 0 amide bonds. The van der Waals surface area contributed by atoms with Crippen molar-refractivity contribution in [2.45, 2.75) is 349 Å². The van der Waals surface area contributed by atoms with Gasteiger partial charge in [-0.05, 0) is 31.1 Å². The van der Waals surface area contributed by atoms with Gasteiger partial charge in [0, 0.05) is 19.3 Å². The molecule has 2 atom stereocenters. The topological polar surface area (TPSA) is 78.9 Å². The first-order chi connectivity index (χ1) is 32.8. The van der Waals surface area contributed by atoms with Crippen molar-refractivity contribution >= 4 is 17.9 Å². The van der Waals surface area contributed by atoms with Crippen LogP contribution in [0.4, 0.5) is 0 Å². The first-order valence-electron chi connectivity index (χ1n) is 30.3. The minimum atomic E-state index is -0.763. The van der Waals surface area contributed by atoms with Gasteiger partial charge in [-0.15, -0.1) is 0 Å². The van der Waals surface area contributed by atoms with E-state index in [0.29, 0.717) is 19.3 Å². The summed E-state index contributed by atoms with van der Waals surface area (Å²) in [6.45, 7) is 11.4. The summed E-state index contributed by atoms with van der Waals surface area (Å²) >= 11 is 0. The number of carbonyl (C=O) groups excluding carboxylic acids is 3. The fraction of sp³-hybridized carbons (Fsp3) is 0.951. The SMILES string of the molecule is CCCCCCCCCCCCCCCCCCC(=O)OC[C@H](COC(=O)CCCCCCCCCCC(C)CC)OC(=O)CCCCCCCCCCCCCCCCCCCCC(C)C. The molecule has 0 bridgehead atoms. The summed E-state index contributed by atoms with van der Waals surface area (Å²) < 4.78 is 16.9. The summed E-state index contributed by atoms with van der Waals surface area (Å²) in [6.07, 6.45) is 58.1. The number of unbranched alkanes of at least 4 members (excludes halogenated alkanes) is 39. The third kappa shape index (κ3) is 53.6. The van der Waals surface area contributed by atoms with Gasteiger partial charge in [0.1, 0.15) is 13.2 Å². The molecule has 1 unspecified atom stereocenters. The highest BCUT2D eigenvalue weighted by Gasteiger charge is 2.19. The molecule has 0 spiro atoms. The maximum Gasteiger partial charge on any atom is 0.306 e. The van der Waals surface area contributed by atoms with E-state index in [1.165, 1.54) is 231 Å². The lowest BCUT2D eigenvalue weighted by atomic mass is 9.99. The number of rotatable bonds is 55. The summed E-state index contributed by atoms with van der Waals surface area (Å²) in [4.78, 5) is 38.2. The van der Waals surface area contributed by atoms with Crippen LogP contribution in [0.3, 0.4) is 0 Å². The molecule has 398 valence electrons. The number of carbonyl (C=O) groups is 3. The minimum Gasteiger partial charge on any atom is -0.462 e. The van der Waals surface area contributed by atoms with Gasteiger partial charge in [0.2, 0.25) is 0 Å². The Morgan fingerprint density at radius 1 is 0.313 bits per heavy atom. The molecule has 0 aromatic carbocycles. The normalized spacial score (nSPS) is 12.4. The molecule has 0 aromatic rings. The van der Waals surface area contributed by atoms with E-state index in [-0.39, 0.29) is 31.1 Å². The second-order valence-corrected chi connectivity index (χ2v) is 21.7. The lowest BCUT2D eigenvalue weighted by molar-refractivity contribution is -0.167. The summed E-state index contributed by atoms with van der Waals surface area (Å²) in [5.74, 6) is 0.868. The number of hydrogen-bond acceptors (Lipinski definition) is 6. The second-order valence-electron chi connectivity index (χ2n) is 21.7. The smallest absolute Gasteiger partial charge is 0.306 e. The van der Waals surface area contributed by atoms with Crippen molar-refractivity contribution in [3.8, 4) is 0 Å². The molecule has 6 nitrogen and oxygen atoms in total. The molecule has 67 heavy (non-hydrogen) atoms. The maximum atomic E-state index is 12.9. The van der Waals surface area contributed by atoms with Gasteiger partial charge in [-0.25, -0.2) is 0 Å². The predicted molar refractivity (Wildman–Crippen MR) is 289 cm³/mol. The van der Waals surface area contributed by atoms with Gasteiger partial charge in [0.05, 0.1) is 0 Å². The van der Waals surface area contributed by atoms with Crippen molar-refractivity contribution in [3.63, 3.8) is 0 Å². The monoisotopic (exact) mass is 947 g/mol. The summed E-state index contributed by atoms with van der Waals surface area (Å²) in [7, 11) is 0. The Morgan fingerprint density at radius 3 is 0.851 bits per heavy atom. The van der Waals surface area contributed by atoms with Crippen LogP contribution < -0.4 is 0 Å². The molecule has 6 heteroatoms. The van der Waals surface area contributed by atoms with E-state index in [2.05, 4.69) is 34.6 Å². The summed E-state index contributed by atoms with van der Waals surface area (Å²) in [5.41, 5.74) is 0. The van der Waals surface area contributed by atoms with Crippen LogP contribution in [0.25, 0.3) is 0 Å². The Morgan fingerprint density at radius 2 is 0.567 bits per heavy atom. The van der Waals surface area contributed by atoms with E-state index in [0.717, 1.165) is 69.6 Å². The Labute approximate surface area is 418 Å². The van der Waals surface area contributed by atoms with Gasteiger partial charge < -0.3 is 14.2 Å². The molecule has 0 fully saturated rings. The van der Waals surface area contributed by atoms with Gasteiger partial charge >= 0.3 is 17.9 Å². The highest BCUT2D eigenvalue weighted by atomic mass is 16.6. The lowest BCUT2D eigenvalue weighted by Gasteiger charge is -2.18. The zero-order valence-corrected chi connectivity index (χ0v) is 46.0. The van der Waals surface area contributed by atoms with Gasteiger partial charge in [-0.3, -0.25) is 14.4 Å². The molecule has 0 aliphatic carbocycles. The first kappa shape index (κ1) is 65.4. The fourth-order valence-electron chi connectivity index (χ4n) is 9.37. The van der Waals surface area contributed by atoms with E-state index < -0.39 is 6.10 Å². The Bertz CT molecular complexity index is 1030. The fourth-order valence-corrected chi connectivity index (χ4v) is 9.37.